The third kappa shape index (κ3) is 5.42. The van der Waals surface area contributed by atoms with Crippen molar-refractivity contribution in [1.29, 1.82) is 0 Å². The zero-order valence-corrected chi connectivity index (χ0v) is 22.9. The van der Waals surface area contributed by atoms with Gasteiger partial charge in [-0.15, -0.1) is 5.10 Å². The summed E-state index contributed by atoms with van der Waals surface area (Å²) < 4.78 is 13.4. The molecule has 1 aliphatic carbocycles. The minimum atomic E-state index is -0.512. The lowest BCUT2D eigenvalue weighted by atomic mass is 10.0. The molecule has 1 fully saturated rings. The second kappa shape index (κ2) is 11.5. The minimum absolute atomic E-state index is 0.153. The summed E-state index contributed by atoms with van der Waals surface area (Å²) in [5, 5.41) is 14.1. The minimum Gasteiger partial charge on any atom is -0.494 e. The molecule has 1 saturated carbocycles. The number of pyridine rings is 1. The van der Waals surface area contributed by atoms with Crippen molar-refractivity contribution in [3.8, 4) is 5.75 Å². The first kappa shape index (κ1) is 26.0. The Morgan fingerprint density at radius 1 is 1.10 bits per heavy atom. The molecular formula is C31H34N6O3. The fraction of sp³-hybridized carbons (Fsp3) is 0.355. The van der Waals surface area contributed by atoms with Crippen molar-refractivity contribution in [2.45, 2.75) is 64.7 Å². The van der Waals surface area contributed by atoms with E-state index in [4.69, 9.17) is 9.15 Å². The summed E-state index contributed by atoms with van der Waals surface area (Å²) in [5.74, 6) is 2.29. The van der Waals surface area contributed by atoms with Crippen LogP contribution in [0.4, 0.5) is 0 Å². The van der Waals surface area contributed by atoms with Crippen LogP contribution in [0.3, 0.4) is 0 Å². The number of hydrogen-bond acceptors (Lipinski definition) is 7. The van der Waals surface area contributed by atoms with Gasteiger partial charge in [-0.1, -0.05) is 37.1 Å². The van der Waals surface area contributed by atoms with Crippen LogP contribution in [0.5, 0.6) is 5.75 Å². The molecule has 3 aromatic heterocycles. The maximum absolute atomic E-state index is 13.8. The Hall–Kier alpha value is -4.24. The summed E-state index contributed by atoms with van der Waals surface area (Å²) in [5.41, 5.74) is 3.43. The zero-order chi connectivity index (χ0) is 27.5. The van der Waals surface area contributed by atoms with Gasteiger partial charge in [0.1, 0.15) is 17.6 Å². The lowest BCUT2D eigenvalue weighted by Crippen LogP contribution is -2.35. The first-order valence-corrected chi connectivity index (χ1v) is 14.0. The number of nitrogens with one attached hydrogen (secondary N) is 1. The SMILES string of the molecule is CCOc1ccc(CN(Cc2ccco2)[C@H](c2cc3ccc(C)cc3[nH]c2=O)c2nnnn2C2CCCC2)cc1. The highest BCUT2D eigenvalue weighted by atomic mass is 16.5. The Morgan fingerprint density at radius 2 is 1.93 bits per heavy atom. The number of benzene rings is 2. The number of H-pyrrole nitrogens is 1. The van der Waals surface area contributed by atoms with E-state index in [0.717, 1.165) is 59.2 Å². The first-order valence-electron chi connectivity index (χ1n) is 14.0. The number of aryl methyl sites for hydroxylation is 1. The summed E-state index contributed by atoms with van der Waals surface area (Å²) in [7, 11) is 0. The topological polar surface area (TPSA) is 102 Å². The van der Waals surface area contributed by atoms with Gasteiger partial charge in [0.25, 0.3) is 5.56 Å². The summed E-state index contributed by atoms with van der Waals surface area (Å²) in [6, 6.07) is 19.7. The van der Waals surface area contributed by atoms with Crippen LogP contribution in [0.1, 0.15) is 73.0 Å². The molecule has 0 radical (unpaired) electrons. The number of nitrogens with zero attached hydrogens (tertiary/aromatic N) is 5. The van der Waals surface area contributed by atoms with Crippen LogP contribution in [0.2, 0.25) is 0 Å². The summed E-state index contributed by atoms with van der Waals surface area (Å²) in [6.07, 6.45) is 6.01. The van der Waals surface area contributed by atoms with E-state index < -0.39 is 6.04 Å². The predicted molar refractivity (Wildman–Crippen MR) is 152 cm³/mol. The average Bonchev–Trinajstić information content (AvgIpc) is 3.74. The van der Waals surface area contributed by atoms with Crippen LogP contribution in [-0.4, -0.2) is 36.7 Å². The molecule has 9 heteroatoms. The van der Waals surface area contributed by atoms with Gasteiger partial charge < -0.3 is 14.1 Å². The van der Waals surface area contributed by atoms with Crippen LogP contribution >= 0.6 is 0 Å². The number of furan rings is 1. The zero-order valence-electron chi connectivity index (χ0n) is 22.9. The number of hydrogen-bond donors (Lipinski definition) is 1. The monoisotopic (exact) mass is 538 g/mol. The molecule has 40 heavy (non-hydrogen) atoms. The van der Waals surface area contributed by atoms with Crippen LogP contribution in [0.15, 0.2) is 76.1 Å². The molecule has 1 N–H and O–H groups in total. The molecule has 2 aromatic carbocycles. The lowest BCUT2D eigenvalue weighted by molar-refractivity contribution is 0.176. The Kier molecular flexibility index (Phi) is 7.46. The number of ether oxygens (including phenoxy) is 1. The molecule has 0 bridgehead atoms. The quantitative estimate of drug-likeness (QED) is 0.243. The smallest absolute Gasteiger partial charge is 0.253 e. The second-order valence-electron chi connectivity index (χ2n) is 10.5. The van der Waals surface area contributed by atoms with Gasteiger partial charge in [-0.25, -0.2) is 4.68 Å². The Bertz CT molecular complexity index is 1620. The average molecular weight is 539 g/mol. The molecular weight excluding hydrogens is 504 g/mol. The highest BCUT2D eigenvalue weighted by molar-refractivity contribution is 5.79. The Morgan fingerprint density at radius 3 is 2.67 bits per heavy atom. The number of rotatable bonds is 10. The van der Waals surface area contributed by atoms with Crippen molar-refractivity contribution in [2.24, 2.45) is 0 Å². The van der Waals surface area contributed by atoms with Crippen molar-refractivity contribution in [1.82, 2.24) is 30.1 Å². The fourth-order valence-corrected chi connectivity index (χ4v) is 5.76. The number of aromatic nitrogens is 5. The van der Waals surface area contributed by atoms with Gasteiger partial charge in [0.15, 0.2) is 5.82 Å². The van der Waals surface area contributed by atoms with E-state index in [1.165, 1.54) is 0 Å². The highest BCUT2D eigenvalue weighted by Crippen LogP contribution is 2.35. The third-order valence-corrected chi connectivity index (χ3v) is 7.68. The first-order chi connectivity index (χ1) is 19.6. The fourth-order valence-electron chi connectivity index (χ4n) is 5.76. The van der Waals surface area contributed by atoms with Crippen molar-refractivity contribution in [2.75, 3.05) is 6.61 Å². The second-order valence-corrected chi connectivity index (χ2v) is 10.5. The lowest BCUT2D eigenvalue weighted by Gasteiger charge is -2.31. The van der Waals surface area contributed by atoms with Crippen LogP contribution in [-0.2, 0) is 13.1 Å². The van der Waals surface area contributed by atoms with Gasteiger partial charge in [-0.05, 0) is 90.0 Å². The van der Waals surface area contributed by atoms with Crippen molar-refractivity contribution in [3.63, 3.8) is 0 Å². The molecule has 6 rings (SSSR count). The van der Waals surface area contributed by atoms with Crippen LogP contribution < -0.4 is 10.3 Å². The van der Waals surface area contributed by atoms with E-state index in [1.807, 2.05) is 61.0 Å². The standard InChI is InChI=1S/C31H34N6O3/c1-3-39-25-14-11-22(12-15-25)19-36(20-26-9-6-16-40-26)29(30-33-34-35-37(30)24-7-4-5-8-24)27-18-23-13-10-21(2)17-28(23)32-31(27)38/h6,9-18,24,29H,3-5,7-8,19-20H2,1-2H3,(H,32,38)/t29-/m1/s1. The molecule has 0 unspecified atom stereocenters. The Balaban J connectivity index is 1.49. The molecule has 0 spiro atoms. The number of aromatic amines is 1. The molecule has 0 amide bonds. The van der Waals surface area contributed by atoms with Gasteiger partial charge in [0.05, 0.1) is 25.5 Å². The van der Waals surface area contributed by atoms with Gasteiger partial charge in [-0.2, -0.15) is 0 Å². The summed E-state index contributed by atoms with van der Waals surface area (Å²) >= 11 is 0. The van der Waals surface area contributed by atoms with Gasteiger partial charge in [0.2, 0.25) is 0 Å². The summed E-state index contributed by atoms with van der Waals surface area (Å²) in [4.78, 5) is 19.1. The molecule has 1 aliphatic rings. The highest BCUT2D eigenvalue weighted by Gasteiger charge is 2.34. The normalized spacial score (nSPS) is 14.8. The van der Waals surface area contributed by atoms with E-state index in [0.29, 0.717) is 31.1 Å². The predicted octanol–water partition coefficient (Wildman–Crippen LogP) is 5.72. The largest absolute Gasteiger partial charge is 0.494 e. The van der Waals surface area contributed by atoms with Crippen molar-refractivity contribution < 1.29 is 9.15 Å². The van der Waals surface area contributed by atoms with E-state index in [2.05, 4.69) is 43.6 Å². The van der Waals surface area contributed by atoms with E-state index >= 15 is 0 Å². The van der Waals surface area contributed by atoms with Crippen molar-refractivity contribution >= 4 is 10.9 Å². The molecule has 1 atom stereocenters. The maximum Gasteiger partial charge on any atom is 0.253 e. The van der Waals surface area contributed by atoms with E-state index in [-0.39, 0.29) is 11.6 Å². The summed E-state index contributed by atoms with van der Waals surface area (Å²) in [6.45, 7) is 5.61. The molecule has 206 valence electrons. The van der Waals surface area contributed by atoms with Crippen molar-refractivity contribution in [3.05, 3.63) is 106 Å². The third-order valence-electron chi connectivity index (χ3n) is 7.68. The van der Waals surface area contributed by atoms with Gasteiger partial charge in [0, 0.05) is 17.6 Å². The number of tetrazole rings is 1. The van der Waals surface area contributed by atoms with Crippen LogP contribution in [0.25, 0.3) is 10.9 Å². The Labute approximate surface area is 232 Å². The number of fused-ring (bicyclic) bond motifs is 1. The molecule has 0 saturated heterocycles. The molecule has 9 nitrogen and oxygen atoms in total. The molecule has 3 heterocycles. The maximum atomic E-state index is 13.8. The molecule has 5 aromatic rings. The van der Waals surface area contributed by atoms with E-state index in [1.54, 1.807) is 6.26 Å². The van der Waals surface area contributed by atoms with Gasteiger partial charge >= 0.3 is 0 Å². The molecule has 0 aliphatic heterocycles. The van der Waals surface area contributed by atoms with E-state index in [9.17, 15) is 4.79 Å². The van der Waals surface area contributed by atoms with Gasteiger partial charge in [-0.3, -0.25) is 9.69 Å². The van der Waals surface area contributed by atoms with Crippen LogP contribution in [0, 0.1) is 6.92 Å².